The normalized spacial score (nSPS) is 28.4. The van der Waals surface area contributed by atoms with Gasteiger partial charge in [-0.2, -0.15) is 0 Å². The fourth-order valence-electron chi connectivity index (χ4n) is 3.96. The molecule has 1 saturated carbocycles. The van der Waals surface area contributed by atoms with Gasteiger partial charge in [0.2, 0.25) is 5.91 Å². The number of nitrogens with two attached hydrogens (primary N) is 1. The Morgan fingerprint density at radius 1 is 1.23 bits per heavy atom. The first-order valence-electron chi connectivity index (χ1n) is 7.83. The number of hydrogen-bond acceptors (Lipinski definition) is 3. The van der Waals surface area contributed by atoms with Crippen molar-refractivity contribution >= 4 is 18.3 Å². The van der Waals surface area contributed by atoms with Gasteiger partial charge in [-0.3, -0.25) is 9.69 Å². The highest BCUT2D eigenvalue weighted by atomic mass is 35.5. The monoisotopic (exact) mass is 323 g/mol. The molecule has 1 saturated heterocycles. The number of nitrogens with zero attached hydrogens (tertiary/aromatic N) is 2. The first kappa shape index (κ1) is 17.3. The molecule has 1 aromatic carbocycles. The maximum atomic E-state index is 13.0. The van der Waals surface area contributed by atoms with Gasteiger partial charge in [0.05, 0.1) is 0 Å². The van der Waals surface area contributed by atoms with E-state index >= 15 is 0 Å². The van der Waals surface area contributed by atoms with Crippen molar-refractivity contribution in [2.24, 2.45) is 17.6 Å². The number of rotatable bonds is 3. The number of fused-ring (bicyclic) bond motifs is 1. The van der Waals surface area contributed by atoms with Crippen LogP contribution in [0.1, 0.15) is 24.4 Å². The lowest BCUT2D eigenvalue weighted by Crippen LogP contribution is -2.40. The molecule has 1 aliphatic heterocycles. The summed E-state index contributed by atoms with van der Waals surface area (Å²) in [5.41, 5.74) is 7.24. The third-order valence-corrected chi connectivity index (χ3v) is 5.09. The fourth-order valence-corrected chi connectivity index (χ4v) is 3.96. The summed E-state index contributed by atoms with van der Waals surface area (Å²) in [6, 6.07) is 10.1. The number of carbonyl (C=O) groups excluding carboxylic acids is 1. The minimum Gasteiger partial charge on any atom is -0.340 e. The smallest absolute Gasteiger partial charge is 0.244 e. The Bertz CT molecular complexity index is 508. The molecule has 3 rings (SSSR count). The zero-order valence-electron chi connectivity index (χ0n) is 13.3. The summed E-state index contributed by atoms with van der Waals surface area (Å²) in [5, 5.41) is 0. The lowest BCUT2D eigenvalue weighted by atomic mass is 9.98. The summed E-state index contributed by atoms with van der Waals surface area (Å²) >= 11 is 0. The summed E-state index contributed by atoms with van der Waals surface area (Å²) in [6.07, 6.45) is 2.29. The first-order chi connectivity index (χ1) is 10.1. The van der Waals surface area contributed by atoms with Crippen LogP contribution in [0.5, 0.6) is 0 Å². The van der Waals surface area contributed by atoms with Crippen molar-refractivity contribution in [1.29, 1.82) is 0 Å². The summed E-state index contributed by atoms with van der Waals surface area (Å²) in [6.45, 7) is 1.72. The Labute approximate surface area is 139 Å². The molecule has 1 heterocycles. The van der Waals surface area contributed by atoms with Gasteiger partial charge in [0, 0.05) is 19.1 Å². The SMILES string of the molecule is CN(C)C(C(=O)N1CC2CCC(N)C2C1)c1ccccc1.Cl. The number of hydrogen-bond donors (Lipinski definition) is 1. The molecular weight excluding hydrogens is 298 g/mol. The minimum absolute atomic E-state index is 0. The average Bonchev–Trinajstić information content (AvgIpc) is 3.02. The quantitative estimate of drug-likeness (QED) is 0.924. The zero-order chi connectivity index (χ0) is 15.0. The molecule has 122 valence electrons. The molecule has 0 aromatic heterocycles. The van der Waals surface area contributed by atoms with Crippen LogP contribution < -0.4 is 5.73 Å². The van der Waals surface area contributed by atoms with E-state index in [9.17, 15) is 4.79 Å². The van der Waals surface area contributed by atoms with Gasteiger partial charge in [0.1, 0.15) is 6.04 Å². The number of amides is 1. The second kappa shape index (κ2) is 6.99. The minimum atomic E-state index is -0.193. The van der Waals surface area contributed by atoms with Crippen LogP contribution in [0.25, 0.3) is 0 Å². The number of likely N-dealkylation sites (tertiary alicyclic amines) is 1. The number of halogens is 1. The molecule has 2 fully saturated rings. The molecular formula is C17H26ClN3O. The first-order valence-corrected chi connectivity index (χ1v) is 7.83. The van der Waals surface area contributed by atoms with Crippen LogP contribution in [0.3, 0.4) is 0 Å². The third kappa shape index (κ3) is 3.14. The molecule has 4 unspecified atom stereocenters. The molecule has 1 amide bonds. The molecule has 4 nitrogen and oxygen atoms in total. The number of likely N-dealkylation sites (N-methyl/N-ethyl adjacent to an activating group) is 1. The number of benzene rings is 1. The molecule has 2 N–H and O–H groups in total. The topological polar surface area (TPSA) is 49.6 Å². The molecule has 0 spiro atoms. The van der Waals surface area contributed by atoms with Gasteiger partial charge in [0.25, 0.3) is 0 Å². The highest BCUT2D eigenvalue weighted by Crippen LogP contribution is 2.38. The molecule has 1 aliphatic carbocycles. The van der Waals surface area contributed by atoms with E-state index in [0.717, 1.165) is 25.1 Å². The highest BCUT2D eigenvalue weighted by molar-refractivity contribution is 5.85. The Morgan fingerprint density at radius 3 is 2.50 bits per heavy atom. The molecule has 4 atom stereocenters. The van der Waals surface area contributed by atoms with Gasteiger partial charge in [0.15, 0.2) is 0 Å². The fraction of sp³-hybridized carbons (Fsp3) is 0.588. The Kier molecular flexibility index (Phi) is 5.48. The summed E-state index contributed by atoms with van der Waals surface area (Å²) in [4.78, 5) is 17.0. The predicted molar refractivity (Wildman–Crippen MR) is 90.9 cm³/mol. The van der Waals surface area contributed by atoms with Crippen LogP contribution in [0.4, 0.5) is 0 Å². The van der Waals surface area contributed by atoms with Crippen molar-refractivity contribution in [3.63, 3.8) is 0 Å². The maximum absolute atomic E-state index is 13.0. The van der Waals surface area contributed by atoms with E-state index in [1.165, 1.54) is 6.42 Å². The third-order valence-electron chi connectivity index (χ3n) is 5.09. The molecule has 0 bridgehead atoms. The molecule has 0 radical (unpaired) electrons. The Morgan fingerprint density at radius 2 is 1.91 bits per heavy atom. The highest BCUT2D eigenvalue weighted by Gasteiger charge is 2.44. The van der Waals surface area contributed by atoms with Gasteiger partial charge >= 0.3 is 0 Å². The zero-order valence-corrected chi connectivity index (χ0v) is 14.1. The van der Waals surface area contributed by atoms with Gasteiger partial charge < -0.3 is 10.6 Å². The second-order valence-corrected chi connectivity index (χ2v) is 6.69. The van der Waals surface area contributed by atoms with Crippen LogP contribution in [-0.2, 0) is 4.79 Å². The predicted octanol–water partition coefficient (Wildman–Crippen LogP) is 1.91. The molecule has 5 heteroatoms. The molecule has 22 heavy (non-hydrogen) atoms. The largest absolute Gasteiger partial charge is 0.340 e. The number of carbonyl (C=O) groups is 1. The Balaban J connectivity index is 0.00000176. The van der Waals surface area contributed by atoms with Crippen molar-refractivity contribution in [1.82, 2.24) is 9.80 Å². The van der Waals surface area contributed by atoms with Gasteiger partial charge in [-0.1, -0.05) is 30.3 Å². The van der Waals surface area contributed by atoms with E-state index in [4.69, 9.17) is 5.73 Å². The van der Waals surface area contributed by atoms with Crippen molar-refractivity contribution in [3.8, 4) is 0 Å². The van der Waals surface area contributed by atoms with Gasteiger partial charge in [-0.25, -0.2) is 0 Å². The lowest BCUT2D eigenvalue weighted by molar-refractivity contribution is -0.135. The molecule has 1 aromatic rings. The standard InChI is InChI=1S/C17H25N3O.ClH/c1-19(2)16(12-6-4-3-5-7-12)17(21)20-10-13-8-9-15(18)14(13)11-20;/h3-7,13-16H,8-11,18H2,1-2H3;1H. The summed E-state index contributed by atoms with van der Waals surface area (Å²) < 4.78 is 0. The maximum Gasteiger partial charge on any atom is 0.244 e. The lowest BCUT2D eigenvalue weighted by Gasteiger charge is -2.29. The van der Waals surface area contributed by atoms with Gasteiger partial charge in [-0.15, -0.1) is 12.4 Å². The van der Waals surface area contributed by atoms with Crippen molar-refractivity contribution in [2.75, 3.05) is 27.2 Å². The second-order valence-electron chi connectivity index (χ2n) is 6.69. The summed E-state index contributed by atoms with van der Waals surface area (Å²) in [5.74, 6) is 1.34. The van der Waals surface area contributed by atoms with Gasteiger partial charge in [-0.05, 0) is 44.3 Å². The summed E-state index contributed by atoms with van der Waals surface area (Å²) in [7, 11) is 3.94. The van der Waals surface area contributed by atoms with Crippen LogP contribution >= 0.6 is 12.4 Å². The molecule has 2 aliphatic rings. The van der Waals surface area contributed by atoms with E-state index in [-0.39, 0.29) is 30.4 Å². The average molecular weight is 324 g/mol. The van der Waals surface area contributed by atoms with Crippen LogP contribution in [0, 0.1) is 11.8 Å². The van der Waals surface area contributed by atoms with Crippen LogP contribution in [0.15, 0.2) is 30.3 Å². The van der Waals surface area contributed by atoms with E-state index in [0.29, 0.717) is 11.8 Å². The van der Waals surface area contributed by atoms with E-state index in [1.54, 1.807) is 0 Å². The van der Waals surface area contributed by atoms with E-state index in [1.807, 2.05) is 54.2 Å². The van der Waals surface area contributed by atoms with E-state index in [2.05, 4.69) is 0 Å². The van der Waals surface area contributed by atoms with Crippen LogP contribution in [-0.4, -0.2) is 48.9 Å². The van der Waals surface area contributed by atoms with Crippen molar-refractivity contribution in [2.45, 2.75) is 24.9 Å². The van der Waals surface area contributed by atoms with Crippen LogP contribution in [0.2, 0.25) is 0 Å². The van der Waals surface area contributed by atoms with E-state index < -0.39 is 0 Å². The van der Waals surface area contributed by atoms with Crippen molar-refractivity contribution in [3.05, 3.63) is 35.9 Å². The van der Waals surface area contributed by atoms with Crippen molar-refractivity contribution < 1.29 is 4.79 Å². The Hall–Kier alpha value is -1.10.